The normalized spacial score (nSPS) is 9.86. The van der Waals surface area contributed by atoms with Crippen LogP contribution in [0.1, 0.15) is 15.9 Å². The molecule has 0 unspecified atom stereocenters. The number of rotatable bonds is 2. The molecule has 0 aliphatic carbocycles. The molecule has 0 spiro atoms. The van der Waals surface area contributed by atoms with E-state index in [4.69, 9.17) is 17.3 Å². The van der Waals surface area contributed by atoms with Crippen LogP contribution in [0, 0.1) is 17.0 Å². The average molecular weight is 215 g/mol. The maximum absolute atomic E-state index is 10.9. The molecular formula is C8H7ClN2O3. The second kappa shape index (κ2) is 3.63. The van der Waals surface area contributed by atoms with Crippen molar-refractivity contribution in [2.75, 3.05) is 0 Å². The Hall–Kier alpha value is -1.62. The van der Waals surface area contributed by atoms with Crippen LogP contribution in [-0.4, -0.2) is 10.8 Å². The van der Waals surface area contributed by atoms with Crippen molar-refractivity contribution in [2.45, 2.75) is 6.92 Å². The summed E-state index contributed by atoms with van der Waals surface area (Å²) < 4.78 is 0. The summed E-state index contributed by atoms with van der Waals surface area (Å²) in [7, 11) is 0. The van der Waals surface area contributed by atoms with Crippen LogP contribution in [-0.2, 0) is 0 Å². The maximum atomic E-state index is 10.9. The predicted octanol–water partition coefficient (Wildman–Crippen LogP) is 1.66. The number of nitrogens with two attached hydrogens (primary N) is 1. The van der Waals surface area contributed by atoms with Crippen LogP contribution >= 0.6 is 11.6 Å². The van der Waals surface area contributed by atoms with Gasteiger partial charge in [-0.15, -0.1) is 0 Å². The van der Waals surface area contributed by atoms with Gasteiger partial charge in [0.25, 0.3) is 5.69 Å². The number of hydrogen-bond acceptors (Lipinski definition) is 3. The first-order valence-electron chi connectivity index (χ1n) is 3.68. The molecule has 1 aromatic carbocycles. The van der Waals surface area contributed by atoms with Gasteiger partial charge in [0.05, 0.1) is 10.5 Å². The first-order chi connectivity index (χ1) is 6.43. The lowest BCUT2D eigenvalue weighted by molar-refractivity contribution is -0.385. The van der Waals surface area contributed by atoms with Gasteiger partial charge in [-0.1, -0.05) is 11.6 Å². The van der Waals surface area contributed by atoms with Gasteiger partial charge in [0.2, 0.25) is 5.91 Å². The fraction of sp³-hybridized carbons (Fsp3) is 0.125. The molecule has 0 bridgehead atoms. The minimum Gasteiger partial charge on any atom is -0.366 e. The highest BCUT2D eigenvalue weighted by Crippen LogP contribution is 2.26. The van der Waals surface area contributed by atoms with Crippen molar-refractivity contribution < 1.29 is 9.72 Å². The van der Waals surface area contributed by atoms with Crippen molar-refractivity contribution in [1.29, 1.82) is 0 Å². The van der Waals surface area contributed by atoms with E-state index in [2.05, 4.69) is 0 Å². The number of nitro benzene ring substituents is 1. The molecule has 0 heterocycles. The van der Waals surface area contributed by atoms with Crippen LogP contribution in [0.15, 0.2) is 12.1 Å². The van der Waals surface area contributed by atoms with E-state index in [1.165, 1.54) is 19.1 Å². The molecule has 74 valence electrons. The van der Waals surface area contributed by atoms with Crippen LogP contribution in [0.2, 0.25) is 5.02 Å². The van der Waals surface area contributed by atoms with E-state index >= 15 is 0 Å². The minimum absolute atomic E-state index is 0.0733. The standard InChI is InChI=1S/C8H7ClN2O3/c1-4-6(8(10)12)2-5(9)3-7(4)11(13)14/h2-3H,1H3,(H2,10,12). The van der Waals surface area contributed by atoms with Gasteiger partial charge >= 0.3 is 0 Å². The van der Waals surface area contributed by atoms with Gasteiger partial charge in [0.15, 0.2) is 0 Å². The lowest BCUT2D eigenvalue weighted by Crippen LogP contribution is -2.13. The molecule has 0 aliphatic rings. The number of nitrogens with zero attached hydrogens (tertiary/aromatic N) is 1. The van der Waals surface area contributed by atoms with Gasteiger partial charge in [0.1, 0.15) is 0 Å². The molecule has 1 aromatic rings. The number of primary amides is 1. The molecule has 2 N–H and O–H groups in total. The summed E-state index contributed by atoms with van der Waals surface area (Å²) in [5, 5.41) is 10.7. The monoisotopic (exact) mass is 214 g/mol. The molecule has 1 amide bonds. The zero-order chi connectivity index (χ0) is 10.9. The van der Waals surface area contributed by atoms with E-state index in [0.29, 0.717) is 0 Å². The van der Waals surface area contributed by atoms with Crippen molar-refractivity contribution in [3.8, 4) is 0 Å². The molecule has 0 radical (unpaired) electrons. The molecule has 0 aliphatic heterocycles. The van der Waals surface area contributed by atoms with E-state index < -0.39 is 10.8 Å². The molecule has 5 nitrogen and oxygen atoms in total. The Morgan fingerprint density at radius 3 is 2.57 bits per heavy atom. The summed E-state index contributed by atoms with van der Waals surface area (Å²) in [6.45, 7) is 1.45. The van der Waals surface area contributed by atoms with Crippen LogP contribution in [0.5, 0.6) is 0 Å². The Morgan fingerprint density at radius 2 is 2.14 bits per heavy atom. The molecule has 1 rings (SSSR count). The number of benzene rings is 1. The molecule has 6 heteroatoms. The number of halogens is 1. The van der Waals surface area contributed by atoms with Crippen LogP contribution in [0.4, 0.5) is 5.69 Å². The second-order valence-corrected chi connectivity index (χ2v) is 3.16. The molecule has 0 fully saturated rings. The summed E-state index contributed by atoms with van der Waals surface area (Å²) in [5.74, 6) is -0.729. The lowest BCUT2D eigenvalue weighted by Gasteiger charge is -2.03. The largest absolute Gasteiger partial charge is 0.366 e. The average Bonchev–Trinajstić information content (AvgIpc) is 2.07. The smallest absolute Gasteiger partial charge is 0.274 e. The Bertz CT molecular complexity index is 382. The van der Waals surface area contributed by atoms with Gasteiger partial charge in [-0.2, -0.15) is 0 Å². The fourth-order valence-electron chi connectivity index (χ4n) is 1.11. The van der Waals surface area contributed by atoms with Crippen molar-refractivity contribution >= 4 is 23.2 Å². The highest BCUT2D eigenvalue weighted by Gasteiger charge is 2.18. The number of nitro groups is 1. The van der Waals surface area contributed by atoms with Crippen molar-refractivity contribution in [1.82, 2.24) is 0 Å². The third-order valence-electron chi connectivity index (χ3n) is 1.81. The van der Waals surface area contributed by atoms with Crippen LogP contribution < -0.4 is 5.73 Å². The molecule has 14 heavy (non-hydrogen) atoms. The van der Waals surface area contributed by atoms with Crippen molar-refractivity contribution in [2.24, 2.45) is 5.73 Å². The van der Waals surface area contributed by atoms with E-state index in [0.717, 1.165) is 0 Å². The molecular weight excluding hydrogens is 208 g/mol. The van der Waals surface area contributed by atoms with Gasteiger partial charge in [-0.05, 0) is 13.0 Å². The Kier molecular flexibility index (Phi) is 2.71. The SMILES string of the molecule is Cc1c(C(N)=O)cc(Cl)cc1[N+](=O)[O-]. The van der Waals surface area contributed by atoms with Crippen molar-refractivity contribution in [3.05, 3.63) is 38.4 Å². The number of carbonyl (C=O) groups excluding carboxylic acids is 1. The highest BCUT2D eigenvalue weighted by atomic mass is 35.5. The van der Waals surface area contributed by atoms with Gasteiger partial charge < -0.3 is 5.73 Å². The summed E-state index contributed by atoms with van der Waals surface area (Å²) in [6.07, 6.45) is 0. The third kappa shape index (κ3) is 1.82. The molecule has 0 atom stereocenters. The number of hydrogen-bond donors (Lipinski definition) is 1. The Morgan fingerprint density at radius 1 is 1.57 bits per heavy atom. The van der Waals surface area contributed by atoms with E-state index in [1.54, 1.807) is 0 Å². The first kappa shape index (κ1) is 10.5. The van der Waals surface area contributed by atoms with Gasteiger partial charge in [-0.25, -0.2) is 0 Å². The quantitative estimate of drug-likeness (QED) is 0.600. The van der Waals surface area contributed by atoms with Gasteiger partial charge in [-0.3, -0.25) is 14.9 Å². The molecule has 0 aromatic heterocycles. The second-order valence-electron chi connectivity index (χ2n) is 2.72. The highest BCUT2D eigenvalue weighted by molar-refractivity contribution is 6.31. The molecule has 0 saturated carbocycles. The number of amides is 1. The molecule has 0 saturated heterocycles. The first-order valence-corrected chi connectivity index (χ1v) is 4.05. The fourth-order valence-corrected chi connectivity index (χ4v) is 1.32. The Balaban J connectivity index is 3.47. The zero-order valence-electron chi connectivity index (χ0n) is 7.28. The third-order valence-corrected chi connectivity index (χ3v) is 2.03. The maximum Gasteiger partial charge on any atom is 0.274 e. The summed E-state index contributed by atoms with van der Waals surface area (Å²) in [5.41, 5.74) is 5.13. The lowest BCUT2D eigenvalue weighted by atomic mass is 10.1. The van der Waals surface area contributed by atoms with E-state index in [1.807, 2.05) is 0 Å². The Labute approximate surface area is 84.6 Å². The minimum atomic E-state index is -0.729. The summed E-state index contributed by atoms with van der Waals surface area (Å²) in [6, 6.07) is 2.50. The zero-order valence-corrected chi connectivity index (χ0v) is 8.04. The summed E-state index contributed by atoms with van der Waals surface area (Å²) in [4.78, 5) is 20.8. The van der Waals surface area contributed by atoms with Gasteiger partial charge in [0, 0.05) is 16.7 Å². The van der Waals surface area contributed by atoms with E-state index in [9.17, 15) is 14.9 Å². The predicted molar refractivity (Wildman–Crippen MR) is 51.4 cm³/mol. The van der Waals surface area contributed by atoms with Crippen LogP contribution in [0.3, 0.4) is 0 Å². The van der Waals surface area contributed by atoms with Crippen molar-refractivity contribution in [3.63, 3.8) is 0 Å². The van der Waals surface area contributed by atoms with E-state index in [-0.39, 0.29) is 21.8 Å². The summed E-state index contributed by atoms with van der Waals surface area (Å²) >= 11 is 5.60. The topological polar surface area (TPSA) is 86.2 Å². The number of carbonyl (C=O) groups is 1. The van der Waals surface area contributed by atoms with Crippen LogP contribution in [0.25, 0.3) is 0 Å².